The molecule has 1 aliphatic rings. The quantitative estimate of drug-likeness (QED) is 0.556. The Morgan fingerprint density at radius 3 is 2.61 bits per heavy atom. The molecule has 166 valence electrons. The predicted octanol–water partition coefficient (Wildman–Crippen LogP) is 2.78. The molecule has 3 N–H and O–H groups in total. The van der Waals surface area contributed by atoms with Gasteiger partial charge >= 0.3 is 0 Å². The smallest absolute Gasteiger partial charge is 0.251 e. The first-order chi connectivity index (χ1) is 14.9. The fourth-order valence-corrected chi connectivity index (χ4v) is 4.09. The lowest BCUT2D eigenvalue weighted by molar-refractivity contribution is -0.127. The number of aliphatic hydroxyl groups excluding tert-OH is 1. The second kappa shape index (κ2) is 11.4. The summed E-state index contributed by atoms with van der Waals surface area (Å²) in [4.78, 5) is 28.7. The maximum atomic E-state index is 12.3. The predicted molar refractivity (Wildman–Crippen MR) is 118 cm³/mol. The first kappa shape index (κ1) is 23.5. The average Bonchev–Trinajstić information content (AvgIpc) is 2.74. The first-order valence-corrected chi connectivity index (χ1v) is 10.9. The summed E-state index contributed by atoms with van der Waals surface area (Å²) in [5.74, 6) is -0.421. The number of aromatic nitrogens is 1. The van der Waals surface area contributed by atoms with Gasteiger partial charge in [0.15, 0.2) is 0 Å². The fraction of sp³-hybridized carbons (Fsp3) is 0.409. The minimum atomic E-state index is -0.492. The zero-order valence-corrected chi connectivity index (χ0v) is 18.4. The molecule has 7 nitrogen and oxygen atoms in total. The van der Waals surface area contributed by atoms with Gasteiger partial charge in [-0.3, -0.25) is 14.6 Å². The third-order valence-electron chi connectivity index (χ3n) is 5.09. The molecule has 2 heterocycles. The summed E-state index contributed by atoms with van der Waals surface area (Å²) in [6.07, 6.45) is 3.20. The van der Waals surface area contributed by atoms with Crippen molar-refractivity contribution < 1.29 is 19.4 Å². The van der Waals surface area contributed by atoms with Crippen LogP contribution in [0.15, 0.2) is 42.6 Å². The van der Waals surface area contributed by atoms with Gasteiger partial charge in [-0.1, -0.05) is 29.3 Å². The Labute approximate surface area is 191 Å². The lowest BCUT2D eigenvalue weighted by Crippen LogP contribution is -2.51. The number of amides is 2. The van der Waals surface area contributed by atoms with Crippen molar-refractivity contribution in [3.63, 3.8) is 0 Å². The van der Waals surface area contributed by atoms with Gasteiger partial charge in [-0.15, -0.1) is 0 Å². The zero-order chi connectivity index (χ0) is 22.2. The zero-order valence-electron chi connectivity index (χ0n) is 16.9. The van der Waals surface area contributed by atoms with E-state index < -0.39 is 6.10 Å². The molecule has 0 bridgehead atoms. The van der Waals surface area contributed by atoms with Gasteiger partial charge in [-0.05, 0) is 49.6 Å². The lowest BCUT2D eigenvalue weighted by atomic mass is 9.97. The number of halogens is 2. The number of benzene rings is 1. The SMILES string of the molecule is O=C(Cc1ccccn1)N[C@@H]1CC[C@@H](CCNC(=O)c2cc(Cl)cc(Cl)c2)O[C@@H]1CO. The minimum Gasteiger partial charge on any atom is -0.394 e. The van der Waals surface area contributed by atoms with Crippen molar-refractivity contribution in [3.8, 4) is 0 Å². The summed E-state index contributed by atoms with van der Waals surface area (Å²) in [7, 11) is 0. The summed E-state index contributed by atoms with van der Waals surface area (Å²) in [5.41, 5.74) is 1.08. The monoisotopic (exact) mass is 465 g/mol. The van der Waals surface area contributed by atoms with Gasteiger partial charge in [-0.25, -0.2) is 0 Å². The number of carbonyl (C=O) groups is 2. The Hall–Kier alpha value is -2.19. The van der Waals surface area contributed by atoms with E-state index >= 15 is 0 Å². The van der Waals surface area contributed by atoms with Crippen molar-refractivity contribution >= 4 is 35.0 Å². The van der Waals surface area contributed by atoms with Crippen LogP contribution in [0.4, 0.5) is 0 Å². The van der Waals surface area contributed by atoms with Crippen molar-refractivity contribution in [1.82, 2.24) is 15.6 Å². The molecule has 2 amide bonds. The van der Waals surface area contributed by atoms with Gasteiger partial charge < -0.3 is 20.5 Å². The standard InChI is InChI=1S/C22H25Cl2N3O4/c23-15-9-14(10-16(24)11-15)22(30)26-8-6-18-4-5-19(20(13-28)31-18)27-21(29)12-17-3-1-2-7-25-17/h1-3,7,9-11,18-20,28H,4-6,8,12-13H2,(H,26,30)(H,27,29)/t18-,19+,20+/m0/s1. The number of nitrogens with zero attached hydrogens (tertiary/aromatic N) is 1. The average molecular weight is 466 g/mol. The Morgan fingerprint density at radius 1 is 1.16 bits per heavy atom. The molecule has 1 saturated heterocycles. The van der Waals surface area contributed by atoms with Gasteiger partial charge in [0, 0.05) is 34.0 Å². The van der Waals surface area contributed by atoms with E-state index in [1.807, 2.05) is 6.07 Å². The number of pyridine rings is 1. The number of hydrogen-bond acceptors (Lipinski definition) is 5. The van der Waals surface area contributed by atoms with E-state index in [1.165, 1.54) is 0 Å². The minimum absolute atomic E-state index is 0.121. The number of aliphatic hydroxyl groups is 1. The van der Waals surface area contributed by atoms with Gasteiger partial charge in [0.05, 0.1) is 25.2 Å². The number of carbonyl (C=O) groups excluding carboxylic acids is 2. The first-order valence-electron chi connectivity index (χ1n) is 10.1. The van der Waals surface area contributed by atoms with Crippen molar-refractivity contribution in [3.05, 3.63) is 63.9 Å². The second-order valence-electron chi connectivity index (χ2n) is 7.43. The van der Waals surface area contributed by atoms with Crippen LogP contribution in [-0.4, -0.2) is 53.3 Å². The fourth-order valence-electron chi connectivity index (χ4n) is 3.57. The molecule has 2 aromatic rings. The molecule has 31 heavy (non-hydrogen) atoms. The topological polar surface area (TPSA) is 101 Å². The maximum Gasteiger partial charge on any atom is 0.251 e. The molecule has 1 aromatic carbocycles. The molecule has 1 aliphatic heterocycles. The van der Waals surface area contributed by atoms with E-state index in [4.69, 9.17) is 27.9 Å². The highest BCUT2D eigenvalue weighted by molar-refractivity contribution is 6.35. The van der Waals surface area contributed by atoms with E-state index in [-0.39, 0.29) is 37.0 Å². The van der Waals surface area contributed by atoms with Crippen LogP contribution < -0.4 is 10.6 Å². The summed E-state index contributed by atoms with van der Waals surface area (Å²) in [6, 6.07) is 9.84. The summed E-state index contributed by atoms with van der Waals surface area (Å²) < 4.78 is 5.95. The maximum absolute atomic E-state index is 12.3. The number of ether oxygens (including phenoxy) is 1. The summed E-state index contributed by atoms with van der Waals surface area (Å²) >= 11 is 11.9. The normalized spacial score (nSPS) is 20.8. The Morgan fingerprint density at radius 2 is 1.94 bits per heavy atom. The van der Waals surface area contributed by atoms with Gasteiger partial charge in [0.25, 0.3) is 5.91 Å². The van der Waals surface area contributed by atoms with E-state index in [0.29, 0.717) is 47.1 Å². The summed E-state index contributed by atoms with van der Waals surface area (Å²) in [6.45, 7) is 0.209. The Kier molecular flexibility index (Phi) is 8.66. The molecule has 1 aromatic heterocycles. The molecule has 0 aliphatic carbocycles. The number of hydrogen-bond donors (Lipinski definition) is 3. The van der Waals surface area contributed by atoms with E-state index in [1.54, 1.807) is 36.5 Å². The van der Waals surface area contributed by atoms with Crippen LogP contribution in [0.5, 0.6) is 0 Å². The van der Waals surface area contributed by atoms with Crippen molar-refractivity contribution in [1.29, 1.82) is 0 Å². The van der Waals surface area contributed by atoms with E-state index in [0.717, 1.165) is 0 Å². The molecular weight excluding hydrogens is 441 g/mol. The van der Waals surface area contributed by atoms with Crippen LogP contribution in [0.25, 0.3) is 0 Å². The van der Waals surface area contributed by atoms with Crippen LogP contribution in [0, 0.1) is 0 Å². The summed E-state index contributed by atoms with van der Waals surface area (Å²) in [5, 5.41) is 16.3. The molecule has 9 heteroatoms. The molecule has 0 unspecified atom stereocenters. The molecule has 0 spiro atoms. The van der Waals surface area contributed by atoms with Gasteiger partial charge in [-0.2, -0.15) is 0 Å². The third kappa shape index (κ3) is 7.18. The Bertz CT molecular complexity index is 877. The number of nitrogens with one attached hydrogen (secondary N) is 2. The van der Waals surface area contributed by atoms with Crippen LogP contribution in [0.2, 0.25) is 10.0 Å². The van der Waals surface area contributed by atoms with Gasteiger partial charge in [0.2, 0.25) is 5.91 Å². The Balaban J connectivity index is 1.43. The van der Waals surface area contributed by atoms with E-state index in [2.05, 4.69) is 15.6 Å². The third-order valence-corrected chi connectivity index (χ3v) is 5.52. The second-order valence-corrected chi connectivity index (χ2v) is 8.30. The van der Waals surface area contributed by atoms with Gasteiger partial charge in [0.1, 0.15) is 6.10 Å². The largest absolute Gasteiger partial charge is 0.394 e. The molecule has 3 atom stereocenters. The highest BCUT2D eigenvalue weighted by Crippen LogP contribution is 2.22. The molecule has 0 radical (unpaired) electrons. The van der Waals surface area contributed by atoms with Crippen LogP contribution >= 0.6 is 23.2 Å². The molecule has 0 saturated carbocycles. The highest BCUT2D eigenvalue weighted by Gasteiger charge is 2.31. The molecular formula is C22H25Cl2N3O4. The lowest BCUT2D eigenvalue weighted by Gasteiger charge is -2.36. The van der Waals surface area contributed by atoms with Crippen molar-refractivity contribution in [2.75, 3.05) is 13.2 Å². The highest BCUT2D eigenvalue weighted by atomic mass is 35.5. The molecule has 1 fully saturated rings. The van der Waals surface area contributed by atoms with Crippen LogP contribution in [0.1, 0.15) is 35.3 Å². The number of rotatable bonds is 8. The van der Waals surface area contributed by atoms with Crippen LogP contribution in [0.3, 0.4) is 0 Å². The van der Waals surface area contributed by atoms with E-state index in [9.17, 15) is 14.7 Å². The van der Waals surface area contributed by atoms with Crippen molar-refractivity contribution in [2.45, 2.75) is 43.9 Å². The molecule has 3 rings (SSSR count). The van der Waals surface area contributed by atoms with Crippen molar-refractivity contribution in [2.24, 2.45) is 0 Å². The van der Waals surface area contributed by atoms with Crippen LogP contribution in [-0.2, 0) is 16.0 Å².